The Kier molecular flexibility index (Phi) is 4.09. The van der Waals surface area contributed by atoms with Crippen LogP contribution in [0.3, 0.4) is 0 Å². The van der Waals surface area contributed by atoms with Crippen molar-refractivity contribution in [2.24, 2.45) is 10.7 Å². The number of benzene rings is 1. The molecular weight excluding hydrogens is 193 g/mol. The lowest BCUT2D eigenvalue weighted by atomic mass is 10.2. The molecule has 1 rings (SSSR count). The molecule has 0 aromatic heterocycles. The Bertz CT molecular complexity index is 361. The van der Waals surface area contributed by atoms with Gasteiger partial charge in [-0.15, -0.1) is 0 Å². The second kappa shape index (κ2) is 5.34. The van der Waals surface area contributed by atoms with Crippen LogP contribution < -0.4 is 11.1 Å². The predicted molar refractivity (Wildman–Crippen MR) is 61.5 cm³/mol. The summed E-state index contributed by atoms with van der Waals surface area (Å²) in [6, 6.07) is 4.50. The quantitative estimate of drug-likeness (QED) is 0.592. The summed E-state index contributed by atoms with van der Waals surface area (Å²) in [5.41, 5.74) is 7.24. The Morgan fingerprint density at radius 1 is 1.53 bits per heavy atom. The largest absolute Gasteiger partial charge is 0.370 e. The van der Waals surface area contributed by atoms with E-state index >= 15 is 0 Å². The molecule has 15 heavy (non-hydrogen) atoms. The number of guanidine groups is 1. The SMILES string of the molecule is CCCN=C(N)Nc1ccc(F)cc1C. The predicted octanol–water partition coefficient (Wildman–Crippen LogP) is 2.27. The number of hydrogen-bond donors (Lipinski definition) is 2. The lowest BCUT2D eigenvalue weighted by molar-refractivity contribution is 0.627. The molecule has 0 heterocycles. The van der Waals surface area contributed by atoms with E-state index in [1.165, 1.54) is 12.1 Å². The average molecular weight is 209 g/mol. The van der Waals surface area contributed by atoms with Crippen LogP contribution >= 0.6 is 0 Å². The van der Waals surface area contributed by atoms with Crippen LogP contribution in [0.1, 0.15) is 18.9 Å². The number of rotatable bonds is 3. The summed E-state index contributed by atoms with van der Waals surface area (Å²) in [4.78, 5) is 4.09. The molecule has 82 valence electrons. The monoisotopic (exact) mass is 209 g/mol. The molecule has 0 saturated heterocycles. The maximum absolute atomic E-state index is 12.8. The summed E-state index contributed by atoms with van der Waals surface area (Å²) in [5, 5.41) is 2.93. The normalized spacial score (nSPS) is 11.5. The minimum absolute atomic E-state index is 0.248. The molecule has 0 unspecified atom stereocenters. The van der Waals surface area contributed by atoms with E-state index in [0.29, 0.717) is 12.5 Å². The van der Waals surface area contributed by atoms with Crippen LogP contribution in [0, 0.1) is 12.7 Å². The van der Waals surface area contributed by atoms with E-state index < -0.39 is 0 Å². The standard InChI is InChI=1S/C11H16FN3/c1-3-6-14-11(13)15-10-5-4-9(12)7-8(10)2/h4-5,7H,3,6H2,1-2H3,(H3,13,14,15). The first-order chi connectivity index (χ1) is 7.13. The van der Waals surface area contributed by atoms with E-state index in [4.69, 9.17) is 5.73 Å². The van der Waals surface area contributed by atoms with Gasteiger partial charge in [-0.05, 0) is 37.1 Å². The Morgan fingerprint density at radius 2 is 2.27 bits per heavy atom. The lowest BCUT2D eigenvalue weighted by Gasteiger charge is -2.08. The van der Waals surface area contributed by atoms with Gasteiger partial charge >= 0.3 is 0 Å². The zero-order chi connectivity index (χ0) is 11.3. The smallest absolute Gasteiger partial charge is 0.193 e. The van der Waals surface area contributed by atoms with Crippen molar-refractivity contribution in [3.63, 3.8) is 0 Å². The van der Waals surface area contributed by atoms with Crippen LogP contribution in [0.5, 0.6) is 0 Å². The van der Waals surface area contributed by atoms with E-state index in [1.54, 1.807) is 6.07 Å². The minimum Gasteiger partial charge on any atom is -0.370 e. The molecule has 0 amide bonds. The van der Waals surface area contributed by atoms with Crippen molar-refractivity contribution in [1.29, 1.82) is 0 Å². The summed E-state index contributed by atoms with van der Waals surface area (Å²) in [6.07, 6.45) is 0.949. The molecule has 0 fully saturated rings. The Hall–Kier alpha value is -1.58. The summed E-state index contributed by atoms with van der Waals surface area (Å²) in [6.45, 7) is 4.54. The molecule has 0 spiro atoms. The highest BCUT2D eigenvalue weighted by Crippen LogP contribution is 2.14. The topological polar surface area (TPSA) is 50.4 Å². The van der Waals surface area contributed by atoms with Crippen LogP contribution in [-0.2, 0) is 0 Å². The van der Waals surface area contributed by atoms with Crippen molar-refractivity contribution in [2.75, 3.05) is 11.9 Å². The third kappa shape index (κ3) is 3.58. The molecule has 0 atom stereocenters. The number of anilines is 1. The summed E-state index contributed by atoms with van der Waals surface area (Å²) >= 11 is 0. The van der Waals surface area contributed by atoms with Gasteiger partial charge in [0.2, 0.25) is 0 Å². The lowest BCUT2D eigenvalue weighted by Crippen LogP contribution is -2.23. The number of aryl methyl sites for hydroxylation is 1. The van der Waals surface area contributed by atoms with Gasteiger partial charge in [-0.1, -0.05) is 6.92 Å². The van der Waals surface area contributed by atoms with E-state index in [-0.39, 0.29) is 5.82 Å². The number of aliphatic imine (C=N–C) groups is 1. The van der Waals surface area contributed by atoms with Gasteiger partial charge in [0.15, 0.2) is 5.96 Å². The van der Waals surface area contributed by atoms with Crippen LogP contribution in [0.2, 0.25) is 0 Å². The summed E-state index contributed by atoms with van der Waals surface area (Å²) in [7, 11) is 0. The highest BCUT2D eigenvalue weighted by atomic mass is 19.1. The Morgan fingerprint density at radius 3 is 2.87 bits per heavy atom. The second-order valence-electron chi connectivity index (χ2n) is 3.35. The van der Waals surface area contributed by atoms with Gasteiger partial charge in [0.1, 0.15) is 5.82 Å². The molecule has 0 bridgehead atoms. The first kappa shape index (κ1) is 11.5. The molecule has 3 N–H and O–H groups in total. The van der Waals surface area contributed by atoms with Gasteiger partial charge in [0, 0.05) is 12.2 Å². The van der Waals surface area contributed by atoms with Gasteiger partial charge < -0.3 is 11.1 Å². The van der Waals surface area contributed by atoms with Crippen molar-refractivity contribution in [1.82, 2.24) is 0 Å². The van der Waals surface area contributed by atoms with Crippen LogP contribution in [0.15, 0.2) is 23.2 Å². The molecule has 1 aromatic carbocycles. The Labute approximate surface area is 89.2 Å². The maximum atomic E-state index is 12.8. The van der Waals surface area contributed by atoms with Crippen LogP contribution in [-0.4, -0.2) is 12.5 Å². The van der Waals surface area contributed by atoms with Crippen LogP contribution in [0.4, 0.5) is 10.1 Å². The van der Waals surface area contributed by atoms with Gasteiger partial charge in [-0.2, -0.15) is 0 Å². The van der Waals surface area contributed by atoms with E-state index in [0.717, 1.165) is 17.7 Å². The van der Waals surface area contributed by atoms with E-state index in [2.05, 4.69) is 10.3 Å². The van der Waals surface area contributed by atoms with Crippen molar-refractivity contribution >= 4 is 11.6 Å². The van der Waals surface area contributed by atoms with Crippen molar-refractivity contribution in [3.8, 4) is 0 Å². The summed E-state index contributed by atoms with van der Waals surface area (Å²) < 4.78 is 12.8. The van der Waals surface area contributed by atoms with E-state index in [1.807, 2.05) is 13.8 Å². The van der Waals surface area contributed by atoms with Gasteiger partial charge in [0.25, 0.3) is 0 Å². The Balaban J connectivity index is 2.72. The fourth-order valence-electron chi connectivity index (χ4n) is 1.18. The molecule has 4 heteroatoms. The zero-order valence-electron chi connectivity index (χ0n) is 9.05. The van der Waals surface area contributed by atoms with Gasteiger partial charge in [-0.25, -0.2) is 4.39 Å². The third-order valence-corrected chi connectivity index (χ3v) is 1.96. The van der Waals surface area contributed by atoms with Crippen molar-refractivity contribution in [3.05, 3.63) is 29.6 Å². The number of halogens is 1. The van der Waals surface area contributed by atoms with Gasteiger partial charge in [-0.3, -0.25) is 4.99 Å². The molecular formula is C11H16FN3. The first-order valence-corrected chi connectivity index (χ1v) is 4.96. The van der Waals surface area contributed by atoms with Gasteiger partial charge in [0.05, 0.1) is 0 Å². The van der Waals surface area contributed by atoms with E-state index in [9.17, 15) is 4.39 Å². The third-order valence-electron chi connectivity index (χ3n) is 1.96. The number of hydrogen-bond acceptors (Lipinski definition) is 1. The summed E-state index contributed by atoms with van der Waals surface area (Å²) in [5.74, 6) is 0.119. The first-order valence-electron chi connectivity index (χ1n) is 4.96. The minimum atomic E-state index is -0.248. The number of nitrogens with two attached hydrogens (primary N) is 1. The maximum Gasteiger partial charge on any atom is 0.193 e. The highest BCUT2D eigenvalue weighted by molar-refractivity contribution is 5.92. The second-order valence-corrected chi connectivity index (χ2v) is 3.35. The fourth-order valence-corrected chi connectivity index (χ4v) is 1.18. The molecule has 0 aliphatic heterocycles. The molecule has 0 aliphatic rings. The van der Waals surface area contributed by atoms with Crippen LogP contribution in [0.25, 0.3) is 0 Å². The molecule has 0 saturated carbocycles. The molecule has 0 radical (unpaired) electrons. The fraction of sp³-hybridized carbons (Fsp3) is 0.364. The highest BCUT2D eigenvalue weighted by Gasteiger charge is 2.00. The van der Waals surface area contributed by atoms with Crippen molar-refractivity contribution < 1.29 is 4.39 Å². The number of nitrogens with zero attached hydrogens (tertiary/aromatic N) is 1. The number of nitrogens with one attached hydrogen (secondary N) is 1. The van der Waals surface area contributed by atoms with Crippen molar-refractivity contribution in [2.45, 2.75) is 20.3 Å². The molecule has 3 nitrogen and oxygen atoms in total. The molecule has 1 aromatic rings. The molecule has 0 aliphatic carbocycles. The average Bonchev–Trinajstić information content (AvgIpc) is 2.19. The zero-order valence-corrected chi connectivity index (χ0v) is 9.05.